The third kappa shape index (κ3) is 7.09. The normalized spacial score (nSPS) is 22.9. The Bertz CT molecular complexity index is 1350. The van der Waals surface area contributed by atoms with E-state index < -0.39 is 47.8 Å². The summed E-state index contributed by atoms with van der Waals surface area (Å²) in [4.78, 5) is 33.3. The molecule has 3 aliphatic rings. The Morgan fingerprint density at radius 3 is 2.18 bits per heavy atom. The second-order valence-corrected chi connectivity index (χ2v) is 11.7. The maximum absolute atomic E-state index is 14.0. The Morgan fingerprint density at radius 2 is 1.57 bits per heavy atom. The number of anilines is 1. The number of nitrogens with zero attached hydrogens (tertiary/aromatic N) is 4. The molecule has 0 saturated carbocycles. The first-order valence-electron chi connectivity index (χ1n) is 14.2. The summed E-state index contributed by atoms with van der Waals surface area (Å²) in [6.07, 6.45) is -7.67. The van der Waals surface area contributed by atoms with E-state index in [1.807, 2.05) is 9.80 Å². The number of carbonyl (C=O) groups is 2. The average molecular weight is 651 g/mol. The molecule has 3 atom stereocenters. The van der Waals surface area contributed by atoms with Crippen LogP contribution < -0.4 is 4.90 Å². The topological polar surface area (TPSA) is 47.1 Å². The highest BCUT2D eigenvalue weighted by molar-refractivity contribution is 5.86. The first kappa shape index (κ1) is 33.8. The molecule has 0 bridgehead atoms. The minimum atomic E-state index is -5.00. The van der Waals surface area contributed by atoms with Crippen molar-refractivity contribution in [2.45, 2.75) is 69.6 Å². The van der Waals surface area contributed by atoms with Gasteiger partial charge in [-0.1, -0.05) is 0 Å². The van der Waals surface area contributed by atoms with Crippen molar-refractivity contribution in [3.05, 3.63) is 64.5 Å². The molecule has 2 amide bonds. The summed E-state index contributed by atoms with van der Waals surface area (Å²) in [7, 11) is 1.36. The van der Waals surface area contributed by atoms with Crippen molar-refractivity contribution in [3.8, 4) is 0 Å². The maximum Gasteiger partial charge on any atom is 0.416 e. The fraction of sp³-hybridized carbons (Fsp3) is 0.533. The van der Waals surface area contributed by atoms with Crippen LogP contribution in [0.3, 0.4) is 0 Å². The van der Waals surface area contributed by atoms with Crippen LogP contribution in [0.15, 0.2) is 36.4 Å². The number of piperidine rings is 1. The van der Waals surface area contributed by atoms with Crippen LogP contribution in [0.4, 0.5) is 36.4 Å². The lowest BCUT2D eigenvalue weighted by atomic mass is 9.92. The number of carbonyl (C=O) groups excluding carboxylic acids is 2. The average Bonchev–Trinajstić information content (AvgIpc) is 3.31. The van der Waals surface area contributed by atoms with Crippen LogP contribution >= 0.6 is 12.4 Å². The molecule has 0 radical (unpaired) electrons. The van der Waals surface area contributed by atoms with Crippen LogP contribution in [0, 0.1) is 12.7 Å². The summed E-state index contributed by atoms with van der Waals surface area (Å²) in [6, 6.07) is 4.84. The predicted molar refractivity (Wildman–Crippen MR) is 152 cm³/mol. The first-order valence-corrected chi connectivity index (χ1v) is 14.2. The summed E-state index contributed by atoms with van der Waals surface area (Å²) in [5.41, 5.74) is -1.94. The molecule has 0 N–H and O–H groups in total. The van der Waals surface area contributed by atoms with Crippen LogP contribution in [0.2, 0.25) is 0 Å². The smallest absolute Gasteiger partial charge is 0.359 e. The second kappa shape index (κ2) is 12.7. The van der Waals surface area contributed by atoms with E-state index in [4.69, 9.17) is 0 Å². The Hall–Kier alpha value is -3.06. The number of alkyl halides is 6. The molecule has 2 aromatic rings. The molecule has 44 heavy (non-hydrogen) atoms. The maximum atomic E-state index is 14.0. The summed E-state index contributed by atoms with van der Waals surface area (Å²) in [5.74, 6) is -0.761. The van der Waals surface area contributed by atoms with Crippen LogP contribution in [-0.4, -0.2) is 77.9 Å². The monoisotopic (exact) mass is 650 g/mol. The predicted octanol–water partition coefficient (Wildman–Crippen LogP) is 5.90. The van der Waals surface area contributed by atoms with Crippen LogP contribution in [-0.2, 0) is 28.5 Å². The molecule has 6 nitrogen and oxygen atoms in total. The summed E-state index contributed by atoms with van der Waals surface area (Å²) >= 11 is 0. The molecule has 3 heterocycles. The molecule has 5 rings (SSSR count). The van der Waals surface area contributed by atoms with E-state index in [9.17, 15) is 40.3 Å². The zero-order chi connectivity index (χ0) is 31.3. The van der Waals surface area contributed by atoms with Crippen molar-refractivity contribution in [1.82, 2.24) is 14.7 Å². The van der Waals surface area contributed by atoms with Gasteiger partial charge in [-0.2, -0.15) is 26.3 Å². The number of likely N-dealkylation sites (N-methyl/N-ethyl adjacent to an activating group) is 1. The van der Waals surface area contributed by atoms with Crippen molar-refractivity contribution >= 4 is 29.9 Å². The van der Waals surface area contributed by atoms with Crippen LogP contribution in [0.25, 0.3) is 0 Å². The third-order valence-corrected chi connectivity index (χ3v) is 8.81. The molecular weight excluding hydrogens is 617 g/mol. The molecule has 242 valence electrons. The summed E-state index contributed by atoms with van der Waals surface area (Å²) in [5, 5.41) is 0. The molecule has 14 heteroatoms. The molecule has 0 aromatic heterocycles. The van der Waals surface area contributed by atoms with E-state index in [1.54, 1.807) is 13.0 Å². The van der Waals surface area contributed by atoms with E-state index in [-0.39, 0.29) is 42.0 Å². The molecule has 3 fully saturated rings. The van der Waals surface area contributed by atoms with Crippen molar-refractivity contribution in [3.63, 3.8) is 0 Å². The number of aryl methyl sites for hydroxylation is 1. The third-order valence-electron chi connectivity index (χ3n) is 8.81. The SMILES string of the molecule is Cc1cc(F)ccc1N1CCC(N2CCN3C(=O)CC[C@@H]3C2)CC1C(=O)N(C)Cc1cc(C(F)(F)F)cc(C(F)(F)F)c1.Cl. The molecule has 0 spiro atoms. The lowest BCUT2D eigenvalue weighted by Gasteiger charge is -2.48. The number of benzene rings is 2. The quantitative estimate of drug-likeness (QED) is 0.379. The van der Waals surface area contributed by atoms with Gasteiger partial charge in [-0.25, -0.2) is 4.39 Å². The molecule has 0 aliphatic carbocycles. The van der Waals surface area contributed by atoms with Crippen LogP contribution in [0.5, 0.6) is 0 Å². The van der Waals surface area contributed by atoms with Crippen molar-refractivity contribution in [1.29, 1.82) is 0 Å². The minimum Gasteiger partial charge on any atom is -0.359 e. The fourth-order valence-corrected chi connectivity index (χ4v) is 6.68. The number of fused-ring (bicyclic) bond motifs is 1. The number of hydrogen-bond donors (Lipinski definition) is 0. The molecule has 3 aliphatic heterocycles. The van der Waals surface area contributed by atoms with Gasteiger partial charge in [-0.05, 0) is 73.7 Å². The number of piperazine rings is 1. The van der Waals surface area contributed by atoms with Gasteiger partial charge in [0.25, 0.3) is 0 Å². The van der Waals surface area contributed by atoms with Crippen molar-refractivity contribution in [2.24, 2.45) is 0 Å². The Kier molecular flexibility index (Phi) is 9.80. The molecule has 3 saturated heterocycles. The Morgan fingerprint density at radius 1 is 0.909 bits per heavy atom. The van der Waals surface area contributed by atoms with E-state index in [0.717, 1.165) is 11.3 Å². The van der Waals surface area contributed by atoms with Crippen LogP contribution in [0.1, 0.15) is 47.9 Å². The summed E-state index contributed by atoms with van der Waals surface area (Å²) in [6.45, 7) is 3.60. The van der Waals surface area contributed by atoms with Gasteiger partial charge in [0.05, 0.1) is 11.1 Å². The lowest BCUT2D eigenvalue weighted by Crippen LogP contribution is -2.60. The Balaban J connectivity index is 0.00000442. The van der Waals surface area contributed by atoms with Crippen molar-refractivity contribution in [2.75, 3.05) is 38.1 Å². The van der Waals surface area contributed by atoms with Gasteiger partial charge in [-0.15, -0.1) is 12.4 Å². The van der Waals surface area contributed by atoms with Gasteiger partial charge in [0.15, 0.2) is 0 Å². The highest BCUT2D eigenvalue weighted by Crippen LogP contribution is 2.37. The fourth-order valence-electron chi connectivity index (χ4n) is 6.68. The van der Waals surface area contributed by atoms with E-state index in [2.05, 4.69) is 4.90 Å². The minimum absolute atomic E-state index is 0. The number of amides is 2. The first-order chi connectivity index (χ1) is 20.1. The zero-order valence-corrected chi connectivity index (χ0v) is 25.0. The largest absolute Gasteiger partial charge is 0.416 e. The van der Waals surface area contributed by atoms with E-state index >= 15 is 0 Å². The second-order valence-electron chi connectivity index (χ2n) is 11.7. The molecular formula is C30H34ClF7N4O2. The molecule has 2 aromatic carbocycles. The summed E-state index contributed by atoms with van der Waals surface area (Å²) < 4.78 is 94.6. The molecule has 2 unspecified atom stereocenters. The van der Waals surface area contributed by atoms with Gasteiger partial charge in [0.2, 0.25) is 11.8 Å². The van der Waals surface area contributed by atoms with E-state index in [1.165, 1.54) is 19.2 Å². The standard InChI is InChI=1S/C30H33F7N4O2.ClH/c1-18-11-22(31)3-5-25(18)41-8-7-23(39-9-10-40-24(17-39)4-6-27(40)42)15-26(41)28(43)38(2)16-19-12-20(29(32,33)34)14-21(13-19)30(35,36)37;/h3,5,11-14,23-24,26H,4,6-10,15-17H2,1-2H3;1H/t23?,24-,26?;/m1./s1. The Labute approximate surface area is 257 Å². The number of halogens is 8. The highest BCUT2D eigenvalue weighted by Gasteiger charge is 2.42. The van der Waals surface area contributed by atoms with E-state index in [0.29, 0.717) is 68.8 Å². The van der Waals surface area contributed by atoms with Crippen molar-refractivity contribution < 1.29 is 40.3 Å². The highest BCUT2D eigenvalue weighted by atomic mass is 35.5. The van der Waals surface area contributed by atoms with Gasteiger partial charge in [0.1, 0.15) is 11.9 Å². The lowest BCUT2D eigenvalue weighted by molar-refractivity contribution is -0.143. The van der Waals surface area contributed by atoms with Gasteiger partial charge >= 0.3 is 12.4 Å². The zero-order valence-electron chi connectivity index (χ0n) is 24.2. The van der Waals surface area contributed by atoms with Gasteiger partial charge < -0.3 is 14.7 Å². The number of rotatable bonds is 5. The number of hydrogen-bond acceptors (Lipinski definition) is 4. The van der Waals surface area contributed by atoms with Gasteiger partial charge in [-0.3, -0.25) is 14.5 Å². The van der Waals surface area contributed by atoms with Gasteiger partial charge in [0, 0.05) is 64.0 Å².